The first kappa shape index (κ1) is 67.0. The molecule has 0 heterocycles. The van der Waals surface area contributed by atoms with Crippen molar-refractivity contribution in [3.05, 3.63) is 0 Å². The Labute approximate surface area is 424 Å². The number of unbranched alkanes of at least 4 members (excludes halogenated alkanes) is 40. The van der Waals surface area contributed by atoms with E-state index < -0.39 is 0 Å². The molecule has 0 aliphatic carbocycles. The fourth-order valence-electron chi connectivity index (χ4n) is 8.46. The summed E-state index contributed by atoms with van der Waals surface area (Å²) in [7, 11) is 0. The first-order valence-electron chi connectivity index (χ1n) is 27.5. The van der Waals surface area contributed by atoms with Crippen molar-refractivity contribution < 1.29 is 23.2 Å². The molecular formula is C54H108MoN2OS4. The molecule has 0 unspecified atom stereocenters. The van der Waals surface area contributed by atoms with Crippen LogP contribution in [0.1, 0.15) is 310 Å². The third-order valence-electron chi connectivity index (χ3n) is 12.6. The van der Waals surface area contributed by atoms with Crippen LogP contribution in [0.3, 0.4) is 0 Å². The molecule has 0 saturated carbocycles. The summed E-state index contributed by atoms with van der Waals surface area (Å²) in [6.07, 6.45) is 61.3. The van der Waals surface area contributed by atoms with E-state index in [0.29, 0.717) is 28.4 Å². The first-order chi connectivity index (χ1) is 30.4. The molecule has 0 bridgehead atoms. The molecule has 3 nitrogen and oxygen atoms in total. The summed E-state index contributed by atoms with van der Waals surface area (Å²) in [5.74, 6) is 0. The van der Waals surface area contributed by atoms with Gasteiger partial charge in [0.25, 0.3) is 0 Å². The monoisotopic (exact) mass is 1030 g/mol. The predicted molar refractivity (Wildman–Crippen MR) is 290 cm³/mol. The fraction of sp³-hybridized carbons (Fsp3) is 0.963. The van der Waals surface area contributed by atoms with E-state index in [2.05, 4.69) is 37.5 Å². The fourth-order valence-corrected chi connectivity index (χ4v) is 9.19. The summed E-state index contributed by atoms with van der Waals surface area (Å²) in [6.45, 7) is 13.5. The number of thiocarbonyl (C=S) groups is 2. The Morgan fingerprint density at radius 3 is 0.500 bits per heavy atom. The molecule has 0 rings (SSSR count). The molecule has 370 valence electrons. The SMILES string of the molecule is CCCCCCCCCCCCCN(CCCCCCCCCCCCC)C(=S)[S-].CCCCCCCCCCCCCN(CCCCCCCCCCCCC)C(=S)[S-].[O]=[Mo+2]. The quantitative estimate of drug-likeness (QED) is 0.0259. The van der Waals surface area contributed by atoms with Gasteiger partial charge in [0.1, 0.15) is 0 Å². The normalized spacial score (nSPS) is 10.8. The maximum absolute atomic E-state index is 8.26. The van der Waals surface area contributed by atoms with Crippen molar-refractivity contribution in [3.63, 3.8) is 0 Å². The van der Waals surface area contributed by atoms with Gasteiger partial charge in [-0.25, -0.2) is 0 Å². The topological polar surface area (TPSA) is 23.6 Å². The summed E-state index contributed by atoms with van der Waals surface area (Å²) >= 11 is 22.0. The minimum atomic E-state index is 0.689. The van der Waals surface area contributed by atoms with E-state index in [1.807, 2.05) is 0 Å². The maximum atomic E-state index is 8.26. The molecule has 0 fully saturated rings. The molecule has 0 aromatic rings. The van der Waals surface area contributed by atoms with Crippen molar-refractivity contribution in [1.82, 2.24) is 9.80 Å². The van der Waals surface area contributed by atoms with E-state index in [9.17, 15) is 0 Å². The molecule has 0 amide bonds. The van der Waals surface area contributed by atoms with Gasteiger partial charge in [0.2, 0.25) is 0 Å². The molecule has 62 heavy (non-hydrogen) atoms. The van der Waals surface area contributed by atoms with E-state index >= 15 is 0 Å². The van der Waals surface area contributed by atoms with Gasteiger partial charge in [0.05, 0.1) is 0 Å². The summed E-state index contributed by atoms with van der Waals surface area (Å²) < 4.78 is 9.64. The van der Waals surface area contributed by atoms with Gasteiger partial charge >= 0.3 is 23.2 Å². The first-order valence-corrected chi connectivity index (χ1v) is 30.0. The Balaban J connectivity index is -0.00000108. The van der Waals surface area contributed by atoms with Gasteiger partial charge in [0, 0.05) is 26.2 Å². The van der Waals surface area contributed by atoms with Crippen LogP contribution < -0.4 is 0 Å². The van der Waals surface area contributed by atoms with E-state index in [4.69, 9.17) is 53.1 Å². The number of rotatable bonds is 48. The minimum absolute atomic E-state index is 0.689. The molecule has 0 radical (unpaired) electrons. The molecule has 0 atom stereocenters. The Bertz CT molecular complexity index is 735. The molecule has 0 aliphatic rings. The van der Waals surface area contributed by atoms with Crippen molar-refractivity contribution >= 4 is 58.3 Å². The predicted octanol–water partition coefficient (Wildman–Crippen LogP) is 19.4. The Hall–Kier alpha value is 0.708. The molecule has 0 N–H and O–H groups in total. The van der Waals surface area contributed by atoms with Crippen LogP contribution in [0.5, 0.6) is 0 Å². The molecule has 8 heteroatoms. The van der Waals surface area contributed by atoms with E-state index in [0.717, 1.165) is 26.2 Å². The summed E-state index contributed by atoms with van der Waals surface area (Å²) in [5.41, 5.74) is 0. The van der Waals surface area contributed by atoms with Crippen LogP contribution in [0.2, 0.25) is 0 Å². The van der Waals surface area contributed by atoms with Gasteiger partial charge in [-0.2, -0.15) is 0 Å². The van der Waals surface area contributed by atoms with Crippen molar-refractivity contribution in [3.8, 4) is 0 Å². The van der Waals surface area contributed by atoms with Gasteiger partial charge in [-0.3, -0.25) is 0 Å². The summed E-state index contributed by atoms with van der Waals surface area (Å²) in [5, 5.41) is 0. The second-order valence-corrected chi connectivity index (χ2v) is 20.7. The van der Waals surface area contributed by atoms with Crippen molar-refractivity contribution in [2.75, 3.05) is 26.2 Å². The van der Waals surface area contributed by atoms with Crippen LogP contribution in [0.25, 0.3) is 0 Å². The average Bonchev–Trinajstić information content (AvgIpc) is 3.27. The third kappa shape index (κ3) is 58.7. The third-order valence-corrected chi connectivity index (χ3v) is 13.7. The average molecular weight is 1030 g/mol. The van der Waals surface area contributed by atoms with Gasteiger partial charge < -0.3 is 59.5 Å². The second kappa shape index (κ2) is 61.7. The second-order valence-electron chi connectivity index (χ2n) is 18.6. The zero-order valence-corrected chi connectivity index (χ0v) is 47.6. The zero-order valence-electron chi connectivity index (χ0n) is 42.3. The van der Waals surface area contributed by atoms with E-state index in [1.54, 1.807) is 0 Å². The van der Waals surface area contributed by atoms with Gasteiger partial charge in [-0.1, -0.05) is 293 Å². The Kier molecular flexibility index (Phi) is 66.7. The van der Waals surface area contributed by atoms with E-state index in [1.165, 1.54) is 283 Å². The van der Waals surface area contributed by atoms with Crippen LogP contribution in [-0.2, 0) is 48.4 Å². The standard InChI is InChI=1S/2C27H55NS2.Mo.O/c2*1-3-5-7-9-11-13-15-17-19-21-23-25-28(27(29)30)26-24-22-20-18-16-14-12-10-8-6-4-2;;/h2*3-26H2,1-2H3,(H,29,30);;/q;;+2;/p-2. The van der Waals surface area contributed by atoms with E-state index in [-0.39, 0.29) is 0 Å². The summed E-state index contributed by atoms with van der Waals surface area (Å²) in [4.78, 5) is 4.57. The number of hydrogen-bond donors (Lipinski definition) is 0. The Morgan fingerprint density at radius 2 is 0.387 bits per heavy atom. The molecule has 0 aromatic heterocycles. The van der Waals surface area contributed by atoms with Crippen molar-refractivity contribution in [2.24, 2.45) is 0 Å². The van der Waals surface area contributed by atoms with Gasteiger partial charge in [-0.05, 0) is 25.7 Å². The Morgan fingerprint density at radius 1 is 0.274 bits per heavy atom. The summed E-state index contributed by atoms with van der Waals surface area (Å²) in [6, 6.07) is 0. The zero-order chi connectivity index (χ0) is 46.3. The van der Waals surface area contributed by atoms with Crippen LogP contribution in [0, 0.1) is 0 Å². The number of hydrogen-bond acceptors (Lipinski definition) is 5. The molecule has 0 aliphatic heterocycles. The van der Waals surface area contributed by atoms with Crippen LogP contribution in [-0.4, -0.2) is 44.6 Å². The van der Waals surface area contributed by atoms with Crippen LogP contribution in [0.15, 0.2) is 0 Å². The number of nitrogens with zero attached hydrogens (tertiary/aromatic N) is 2. The van der Waals surface area contributed by atoms with Crippen molar-refractivity contribution in [1.29, 1.82) is 0 Å². The van der Waals surface area contributed by atoms with Crippen LogP contribution >= 0.6 is 24.4 Å². The van der Waals surface area contributed by atoms with Gasteiger partial charge in [-0.15, -0.1) is 0 Å². The van der Waals surface area contributed by atoms with Gasteiger partial charge in [0.15, 0.2) is 0 Å². The molecular weight excluding hydrogens is 917 g/mol. The van der Waals surface area contributed by atoms with Crippen LogP contribution in [0.4, 0.5) is 0 Å². The van der Waals surface area contributed by atoms with Crippen molar-refractivity contribution in [2.45, 2.75) is 310 Å². The molecule has 0 saturated heterocycles. The molecule has 0 spiro atoms. The molecule has 0 aromatic carbocycles.